The highest BCUT2D eigenvalue weighted by atomic mass is 16.6. The van der Waals surface area contributed by atoms with Gasteiger partial charge in [-0.15, -0.1) is 5.10 Å². The average molecular weight is 342 g/mol. The molecule has 1 aromatic heterocycles. The quantitative estimate of drug-likeness (QED) is 0.609. The van der Waals surface area contributed by atoms with Crippen LogP contribution in [0, 0.1) is 10.1 Å². The second-order valence-electron chi connectivity index (χ2n) is 5.85. The zero-order chi connectivity index (χ0) is 17.6. The summed E-state index contributed by atoms with van der Waals surface area (Å²) in [5.74, 6) is 0.294. The number of likely N-dealkylation sites (tertiary alicyclic amines) is 1. The molecular weight excluding hydrogens is 324 g/mol. The molecule has 1 aliphatic heterocycles. The lowest BCUT2D eigenvalue weighted by Crippen LogP contribution is -2.45. The number of nitro groups is 1. The molecule has 1 unspecified atom stereocenters. The molecule has 0 spiro atoms. The number of piperidine rings is 1. The summed E-state index contributed by atoms with van der Waals surface area (Å²) in [4.78, 5) is 24.9. The summed E-state index contributed by atoms with van der Waals surface area (Å²) in [5, 5.41) is 18.7. The number of carbonyl (C=O) groups is 1. The maximum absolute atomic E-state index is 12.6. The van der Waals surface area contributed by atoms with E-state index in [0.29, 0.717) is 24.5 Å². The molecule has 8 nitrogen and oxygen atoms in total. The Labute approximate surface area is 144 Å². The van der Waals surface area contributed by atoms with Crippen LogP contribution in [-0.2, 0) is 11.2 Å². The van der Waals surface area contributed by atoms with Crippen LogP contribution in [0.5, 0.6) is 5.88 Å². The summed E-state index contributed by atoms with van der Waals surface area (Å²) in [6, 6.07) is 9.79. The molecule has 0 N–H and O–H groups in total. The van der Waals surface area contributed by atoms with Crippen LogP contribution in [0.25, 0.3) is 0 Å². The number of benzene rings is 1. The van der Waals surface area contributed by atoms with Crippen molar-refractivity contribution in [2.45, 2.75) is 25.4 Å². The summed E-state index contributed by atoms with van der Waals surface area (Å²) >= 11 is 0. The van der Waals surface area contributed by atoms with Crippen molar-refractivity contribution in [3.63, 3.8) is 0 Å². The Hall–Kier alpha value is -3.03. The van der Waals surface area contributed by atoms with Gasteiger partial charge >= 0.3 is 0 Å². The van der Waals surface area contributed by atoms with E-state index in [2.05, 4.69) is 10.2 Å². The van der Waals surface area contributed by atoms with Gasteiger partial charge in [0.1, 0.15) is 6.10 Å². The van der Waals surface area contributed by atoms with Crippen molar-refractivity contribution in [2.24, 2.45) is 0 Å². The molecule has 130 valence electrons. The highest BCUT2D eigenvalue weighted by molar-refractivity contribution is 5.80. The molecule has 1 amide bonds. The van der Waals surface area contributed by atoms with Crippen molar-refractivity contribution in [3.8, 4) is 5.88 Å². The topological polar surface area (TPSA) is 98.5 Å². The molecule has 2 heterocycles. The fraction of sp³-hybridized carbons (Fsp3) is 0.353. The molecule has 1 aromatic carbocycles. The van der Waals surface area contributed by atoms with Gasteiger partial charge in [0.2, 0.25) is 11.8 Å². The van der Waals surface area contributed by atoms with Gasteiger partial charge in [-0.2, -0.15) is 5.10 Å². The summed E-state index contributed by atoms with van der Waals surface area (Å²) in [7, 11) is 0. The molecular formula is C17H18N4O4. The molecule has 1 fully saturated rings. The normalized spacial score (nSPS) is 17.1. The van der Waals surface area contributed by atoms with E-state index in [9.17, 15) is 14.9 Å². The van der Waals surface area contributed by atoms with Gasteiger partial charge in [-0.1, -0.05) is 18.2 Å². The number of carbonyl (C=O) groups excluding carboxylic acids is 1. The fourth-order valence-corrected chi connectivity index (χ4v) is 2.90. The van der Waals surface area contributed by atoms with Crippen LogP contribution in [0.2, 0.25) is 0 Å². The van der Waals surface area contributed by atoms with Crippen LogP contribution in [0.3, 0.4) is 0 Å². The van der Waals surface area contributed by atoms with Crippen molar-refractivity contribution >= 4 is 11.6 Å². The fourth-order valence-electron chi connectivity index (χ4n) is 2.90. The van der Waals surface area contributed by atoms with Gasteiger partial charge in [-0.3, -0.25) is 14.9 Å². The molecule has 1 atom stereocenters. The maximum Gasteiger partial charge on any atom is 0.273 e. The highest BCUT2D eigenvalue weighted by Gasteiger charge is 2.26. The molecule has 1 aliphatic rings. The van der Waals surface area contributed by atoms with E-state index >= 15 is 0 Å². The Balaban J connectivity index is 1.63. The first kappa shape index (κ1) is 16.8. The van der Waals surface area contributed by atoms with Crippen LogP contribution in [0.15, 0.2) is 42.6 Å². The number of nitrogens with zero attached hydrogens (tertiary/aromatic N) is 4. The maximum atomic E-state index is 12.6. The Morgan fingerprint density at radius 1 is 1.32 bits per heavy atom. The molecule has 3 rings (SSSR count). The van der Waals surface area contributed by atoms with Crippen LogP contribution in [-0.4, -0.2) is 45.1 Å². The van der Waals surface area contributed by atoms with Crippen molar-refractivity contribution in [1.29, 1.82) is 0 Å². The van der Waals surface area contributed by atoms with Crippen LogP contribution >= 0.6 is 0 Å². The molecule has 0 saturated carbocycles. The second-order valence-corrected chi connectivity index (χ2v) is 5.85. The summed E-state index contributed by atoms with van der Waals surface area (Å²) in [6.07, 6.45) is 3.06. The number of hydrogen-bond acceptors (Lipinski definition) is 6. The van der Waals surface area contributed by atoms with E-state index < -0.39 is 4.92 Å². The molecule has 2 aromatic rings. The predicted octanol–water partition coefficient (Wildman–Crippen LogP) is 2.00. The van der Waals surface area contributed by atoms with Crippen molar-refractivity contribution in [3.05, 3.63) is 58.3 Å². The van der Waals surface area contributed by atoms with E-state index in [1.165, 1.54) is 6.07 Å². The molecule has 25 heavy (non-hydrogen) atoms. The lowest BCUT2D eigenvalue weighted by atomic mass is 10.1. The third-order valence-electron chi connectivity index (χ3n) is 4.10. The summed E-state index contributed by atoms with van der Waals surface area (Å²) in [5.41, 5.74) is 0.398. The van der Waals surface area contributed by atoms with Gasteiger partial charge in [-0.25, -0.2) is 0 Å². The summed E-state index contributed by atoms with van der Waals surface area (Å²) in [6.45, 7) is 1.07. The van der Waals surface area contributed by atoms with Crippen LogP contribution in [0.4, 0.5) is 5.69 Å². The van der Waals surface area contributed by atoms with Gasteiger partial charge in [0.05, 0.1) is 17.9 Å². The Bertz CT molecular complexity index is 753. The SMILES string of the molecule is O=C(Cc1ccccc1[N+](=O)[O-])N1CCCC(Oc2cccnn2)C1. The van der Waals surface area contributed by atoms with E-state index in [0.717, 1.165) is 12.8 Å². The average Bonchev–Trinajstić information content (AvgIpc) is 2.63. The minimum atomic E-state index is -0.460. The molecule has 0 bridgehead atoms. The van der Waals surface area contributed by atoms with E-state index in [-0.39, 0.29) is 24.1 Å². The monoisotopic (exact) mass is 342 g/mol. The first-order valence-corrected chi connectivity index (χ1v) is 8.08. The van der Waals surface area contributed by atoms with Crippen molar-refractivity contribution in [1.82, 2.24) is 15.1 Å². The minimum absolute atomic E-state index is 0.00894. The number of ether oxygens (including phenoxy) is 1. The third-order valence-corrected chi connectivity index (χ3v) is 4.10. The predicted molar refractivity (Wildman–Crippen MR) is 89.1 cm³/mol. The zero-order valence-corrected chi connectivity index (χ0v) is 13.6. The lowest BCUT2D eigenvalue weighted by molar-refractivity contribution is -0.385. The Morgan fingerprint density at radius 2 is 2.16 bits per heavy atom. The van der Waals surface area contributed by atoms with Gasteiger partial charge < -0.3 is 9.64 Å². The molecule has 0 aliphatic carbocycles. The highest BCUT2D eigenvalue weighted by Crippen LogP contribution is 2.21. The molecule has 8 heteroatoms. The first-order valence-electron chi connectivity index (χ1n) is 8.08. The summed E-state index contributed by atoms with van der Waals surface area (Å²) < 4.78 is 5.77. The first-order chi connectivity index (χ1) is 12.1. The number of amides is 1. The number of rotatable bonds is 5. The van der Waals surface area contributed by atoms with Gasteiger partial charge in [0.25, 0.3) is 5.69 Å². The Morgan fingerprint density at radius 3 is 2.92 bits per heavy atom. The van der Waals surface area contributed by atoms with E-state index in [4.69, 9.17) is 4.74 Å². The standard InChI is InChI=1S/C17H18N4O4/c22-17(11-13-5-1-2-7-15(13)21(23)24)20-10-4-6-14(12-20)25-16-8-3-9-18-19-16/h1-3,5,7-9,14H,4,6,10-12H2. The number of nitro benzene ring substituents is 1. The molecule has 1 saturated heterocycles. The van der Waals surface area contributed by atoms with Gasteiger partial charge in [0, 0.05) is 30.4 Å². The second kappa shape index (κ2) is 7.69. The number of aromatic nitrogens is 2. The minimum Gasteiger partial charge on any atom is -0.471 e. The smallest absolute Gasteiger partial charge is 0.273 e. The van der Waals surface area contributed by atoms with E-state index in [1.807, 2.05) is 0 Å². The zero-order valence-electron chi connectivity index (χ0n) is 13.6. The van der Waals surface area contributed by atoms with Crippen molar-refractivity contribution < 1.29 is 14.5 Å². The van der Waals surface area contributed by atoms with Gasteiger partial charge in [0.15, 0.2) is 0 Å². The number of para-hydroxylation sites is 1. The van der Waals surface area contributed by atoms with Crippen LogP contribution in [0.1, 0.15) is 18.4 Å². The number of hydrogen-bond donors (Lipinski definition) is 0. The van der Waals surface area contributed by atoms with Gasteiger partial charge in [-0.05, 0) is 18.9 Å². The van der Waals surface area contributed by atoms with E-state index in [1.54, 1.807) is 41.4 Å². The largest absolute Gasteiger partial charge is 0.471 e. The lowest BCUT2D eigenvalue weighted by Gasteiger charge is -2.32. The Kier molecular flexibility index (Phi) is 5.17. The third kappa shape index (κ3) is 4.28. The van der Waals surface area contributed by atoms with Crippen molar-refractivity contribution in [2.75, 3.05) is 13.1 Å². The van der Waals surface area contributed by atoms with Crippen LogP contribution < -0.4 is 4.74 Å². The molecule has 0 radical (unpaired) electrons.